The molecule has 136 valence electrons. The van der Waals surface area contributed by atoms with Crippen molar-refractivity contribution in [1.29, 1.82) is 0 Å². The van der Waals surface area contributed by atoms with E-state index >= 15 is 0 Å². The molecule has 1 aliphatic heterocycles. The lowest BCUT2D eigenvalue weighted by atomic mass is 10.1. The summed E-state index contributed by atoms with van der Waals surface area (Å²) >= 11 is 0. The van der Waals surface area contributed by atoms with Crippen molar-refractivity contribution in [3.63, 3.8) is 0 Å². The molecule has 1 heterocycles. The van der Waals surface area contributed by atoms with Crippen molar-refractivity contribution in [1.82, 2.24) is 9.80 Å². The van der Waals surface area contributed by atoms with Crippen LogP contribution in [-0.4, -0.2) is 42.1 Å². The molecule has 0 aliphatic carbocycles. The topological polar surface area (TPSA) is 61.9 Å². The molecule has 0 bridgehead atoms. The van der Waals surface area contributed by atoms with Crippen LogP contribution in [0.15, 0.2) is 48.5 Å². The molecular formula is C20H23N3O3. The number of carbonyl (C=O) groups is 2. The average Bonchev–Trinajstić information content (AvgIpc) is 3.03. The summed E-state index contributed by atoms with van der Waals surface area (Å²) in [6, 6.07) is 15.4. The van der Waals surface area contributed by atoms with Gasteiger partial charge in [0, 0.05) is 25.8 Å². The Kier molecular flexibility index (Phi) is 5.41. The van der Waals surface area contributed by atoms with Crippen LogP contribution in [-0.2, 0) is 17.8 Å². The Hall–Kier alpha value is -3.02. The summed E-state index contributed by atoms with van der Waals surface area (Å²) in [4.78, 5) is 27.2. The van der Waals surface area contributed by atoms with Crippen molar-refractivity contribution in [2.75, 3.05) is 25.5 Å². The second kappa shape index (κ2) is 7.91. The third-order valence-corrected chi connectivity index (χ3v) is 4.44. The zero-order valence-corrected chi connectivity index (χ0v) is 15.1. The van der Waals surface area contributed by atoms with Crippen LogP contribution in [0.25, 0.3) is 0 Å². The highest BCUT2D eigenvalue weighted by atomic mass is 16.6. The number of amides is 3. The molecule has 0 radical (unpaired) electrons. The lowest BCUT2D eigenvalue weighted by Gasteiger charge is -2.19. The number of hydrogen-bond donors (Lipinski definition) is 1. The van der Waals surface area contributed by atoms with E-state index in [9.17, 15) is 9.59 Å². The van der Waals surface area contributed by atoms with E-state index < -0.39 is 0 Å². The van der Waals surface area contributed by atoms with Gasteiger partial charge in [-0.1, -0.05) is 36.4 Å². The van der Waals surface area contributed by atoms with E-state index in [1.807, 2.05) is 55.5 Å². The van der Waals surface area contributed by atoms with Crippen molar-refractivity contribution in [3.8, 4) is 0 Å². The number of ether oxygens (including phenoxy) is 1. The standard InChI is InChI=1S/C20H23N3O3/c1-15-5-3-4-6-17(15)14-22(2)19(24)21-18-9-7-16(8-10-18)13-23-11-12-26-20(23)25/h3-10H,11-14H2,1-2H3,(H,21,24). The van der Waals surface area contributed by atoms with Crippen molar-refractivity contribution >= 4 is 17.8 Å². The molecule has 6 nitrogen and oxygen atoms in total. The van der Waals surface area contributed by atoms with Gasteiger partial charge in [-0.2, -0.15) is 0 Å². The van der Waals surface area contributed by atoms with Gasteiger partial charge in [-0.15, -0.1) is 0 Å². The number of nitrogens with zero attached hydrogens (tertiary/aromatic N) is 2. The van der Waals surface area contributed by atoms with Crippen LogP contribution in [0.3, 0.4) is 0 Å². The summed E-state index contributed by atoms with van der Waals surface area (Å²) < 4.78 is 4.92. The number of nitrogens with one attached hydrogen (secondary N) is 1. The van der Waals surface area contributed by atoms with Gasteiger partial charge in [0.1, 0.15) is 6.61 Å². The van der Waals surface area contributed by atoms with Crippen LogP contribution in [0.2, 0.25) is 0 Å². The van der Waals surface area contributed by atoms with Crippen LogP contribution >= 0.6 is 0 Å². The van der Waals surface area contributed by atoms with Crippen LogP contribution in [0.5, 0.6) is 0 Å². The Morgan fingerprint density at radius 1 is 1.19 bits per heavy atom. The normalized spacial score (nSPS) is 13.5. The largest absolute Gasteiger partial charge is 0.448 e. The monoisotopic (exact) mass is 353 g/mol. The number of cyclic esters (lactones) is 1. The van der Waals surface area contributed by atoms with Crippen molar-refractivity contribution < 1.29 is 14.3 Å². The molecule has 0 atom stereocenters. The summed E-state index contributed by atoms with van der Waals surface area (Å²) in [5, 5.41) is 2.89. The van der Waals surface area contributed by atoms with Crippen LogP contribution < -0.4 is 5.32 Å². The quantitative estimate of drug-likeness (QED) is 0.893. The fourth-order valence-corrected chi connectivity index (χ4v) is 2.82. The molecule has 0 aromatic heterocycles. The molecule has 3 rings (SSSR count). The Labute approximate surface area is 153 Å². The smallest absolute Gasteiger partial charge is 0.410 e. The number of anilines is 1. The van der Waals surface area contributed by atoms with Crippen LogP contribution in [0.1, 0.15) is 16.7 Å². The first-order valence-corrected chi connectivity index (χ1v) is 8.60. The molecule has 6 heteroatoms. The highest BCUT2D eigenvalue weighted by molar-refractivity contribution is 5.89. The van der Waals surface area contributed by atoms with E-state index in [1.165, 1.54) is 0 Å². The average molecular weight is 353 g/mol. The summed E-state index contributed by atoms with van der Waals surface area (Å²) in [5.41, 5.74) is 4.00. The number of urea groups is 1. The molecule has 1 fully saturated rings. The van der Waals surface area contributed by atoms with Crippen molar-refractivity contribution in [2.45, 2.75) is 20.0 Å². The summed E-state index contributed by atoms with van der Waals surface area (Å²) in [6.07, 6.45) is -0.278. The highest BCUT2D eigenvalue weighted by Crippen LogP contribution is 2.15. The van der Waals surface area contributed by atoms with E-state index in [0.717, 1.165) is 22.4 Å². The minimum Gasteiger partial charge on any atom is -0.448 e. The summed E-state index contributed by atoms with van der Waals surface area (Å²) in [5.74, 6) is 0. The van der Waals surface area contributed by atoms with Gasteiger partial charge >= 0.3 is 12.1 Å². The van der Waals surface area contributed by atoms with Crippen LogP contribution in [0.4, 0.5) is 15.3 Å². The third-order valence-electron chi connectivity index (χ3n) is 4.44. The van der Waals surface area contributed by atoms with Gasteiger partial charge in [-0.25, -0.2) is 9.59 Å². The third kappa shape index (κ3) is 4.33. The van der Waals surface area contributed by atoms with E-state index in [4.69, 9.17) is 4.74 Å². The zero-order valence-electron chi connectivity index (χ0n) is 15.1. The predicted octanol–water partition coefficient (Wildman–Crippen LogP) is 3.61. The molecule has 0 saturated carbocycles. The van der Waals surface area contributed by atoms with Gasteiger partial charge in [0.2, 0.25) is 0 Å². The number of aryl methyl sites for hydroxylation is 1. The Bertz CT molecular complexity index is 789. The molecule has 0 unspecified atom stereocenters. The first-order valence-electron chi connectivity index (χ1n) is 8.60. The van der Waals surface area contributed by atoms with E-state index in [2.05, 4.69) is 5.32 Å². The molecule has 1 aliphatic rings. The number of benzene rings is 2. The van der Waals surface area contributed by atoms with E-state index in [1.54, 1.807) is 16.8 Å². The van der Waals surface area contributed by atoms with E-state index in [0.29, 0.717) is 26.2 Å². The number of carbonyl (C=O) groups excluding carboxylic acids is 2. The first-order chi connectivity index (χ1) is 12.5. The molecule has 1 N–H and O–H groups in total. The minimum absolute atomic E-state index is 0.163. The summed E-state index contributed by atoms with van der Waals surface area (Å²) in [7, 11) is 1.77. The SMILES string of the molecule is Cc1ccccc1CN(C)C(=O)Nc1ccc(CN2CCOC2=O)cc1. The first kappa shape index (κ1) is 17.8. The van der Waals surface area contributed by atoms with Gasteiger partial charge in [0.15, 0.2) is 0 Å². The fourth-order valence-electron chi connectivity index (χ4n) is 2.82. The fraction of sp³-hybridized carbons (Fsp3) is 0.300. The zero-order chi connectivity index (χ0) is 18.5. The second-order valence-corrected chi connectivity index (χ2v) is 6.45. The van der Waals surface area contributed by atoms with Gasteiger partial charge in [0.25, 0.3) is 0 Å². The predicted molar refractivity (Wildman–Crippen MR) is 99.9 cm³/mol. The minimum atomic E-state index is -0.278. The van der Waals surface area contributed by atoms with Crippen molar-refractivity contribution in [2.24, 2.45) is 0 Å². The van der Waals surface area contributed by atoms with Gasteiger partial charge in [-0.05, 0) is 35.7 Å². The number of rotatable bonds is 5. The number of hydrogen-bond acceptors (Lipinski definition) is 3. The Morgan fingerprint density at radius 3 is 2.58 bits per heavy atom. The van der Waals surface area contributed by atoms with Gasteiger partial charge in [0.05, 0.1) is 6.54 Å². The lowest BCUT2D eigenvalue weighted by molar-refractivity contribution is 0.157. The van der Waals surface area contributed by atoms with E-state index in [-0.39, 0.29) is 12.1 Å². The molecule has 2 aromatic rings. The maximum Gasteiger partial charge on any atom is 0.410 e. The van der Waals surface area contributed by atoms with Gasteiger partial charge in [-0.3, -0.25) is 0 Å². The van der Waals surface area contributed by atoms with Crippen LogP contribution in [0, 0.1) is 6.92 Å². The maximum absolute atomic E-state index is 12.4. The Balaban J connectivity index is 1.55. The molecule has 26 heavy (non-hydrogen) atoms. The highest BCUT2D eigenvalue weighted by Gasteiger charge is 2.21. The van der Waals surface area contributed by atoms with Crippen molar-refractivity contribution in [3.05, 3.63) is 65.2 Å². The molecule has 0 spiro atoms. The second-order valence-electron chi connectivity index (χ2n) is 6.45. The molecular weight excluding hydrogens is 330 g/mol. The van der Waals surface area contributed by atoms with Gasteiger partial charge < -0.3 is 19.9 Å². The molecule has 2 aromatic carbocycles. The summed E-state index contributed by atoms with van der Waals surface area (Å²) in [6.45, 7) is 4.16. The Morgan fingerprint density at radius 2 is 1.92 bits per heavy atom. The lowest BCUT2D eigenvalue weighted by Crippen LogP contribution is -2.31. The molecule has 1 saturated heterocycles. The maximum atomic E-state index is 12.4. The molecule has 3 amide bonds.